The fourth-order valence-corrected chi connectivity index (χ4v) is 7.95. The van der Waals surface area contributed by atoms with Crippen LogP contribution in [0.5, 0.6) is 0 Å². The Bertz CT molecular complexity index is 667. The molecule has 4 rings (SSSR count). The van der Waals surface area contributed by atoms with Gasteiger partial charge in [-0.3, -0.25) is 14.5 Å². The summed E-state index contributed by atoms with van der Waals surface area (Å²) in [6.07, 6.45) is 16.2. The second kappa shape index (κ2) is 11.9. The Balaban J connectivity index is 1.12. The number of amides is 1. The van der Waals surface area contributed by atoms with Gasteiger partial charge in [0.15, 0.2) is 0 Å². The highest BCUT2D eigenvalue weighted by atomic mass is 16.5. The van der Waals surface area contributed by atoms with E-state index >= 15 is 0 Å². The molecule has 2 unspecified atom stereocenters. The van der Waals surface area contributed by atoms with E-state index in [0.29, 0.717) is 43.2 Å². The second-order valence-corrected chi connectivity index (χ2v) is 13.1. The molecule has 0 spiro atoms. The summed E-state index contributed by atoms with van der Waals surface area (Å²) in [5.41, 5.74) is 0.142. The number of hydrogen-bond donors (Lipinski definition) is 1. The van der Waals surface area contributed by atoms with Gasteiger partial charge in [0.05, 0.1) is 13.2 Å². The Morgan fingerprint density at radius 2 is 1.62 bits per heavy atom. The van der Waals surface area contributed by atoms with Crippen molar-refractivity contribution in [2.75, 3.05) is 26.8 Å². The van der Waals surface area contributed by atoms with Crippen molar-refractivity contribution in [2.45, 2.75) is 116 Å². The van der Waals surface area contributed by atoms with Gasteiger partial charge in [0.1, 0.15) is 5.78 Å². The maximum absolute atomic E-state index is 12.7. The number of hydrogen-bond acceptors (Lipinski definition) is 4. The molecular formula is C29H50N2O3. The van der Waals surface area contributed by atoms with Gasteiger partial charge < -0.3 is 10.1 Å². The van der Waals surface area contributed by atoms with Crippen LogP contribution in [0.15, 0.2) is 0 Å². The molecule has 5 nitrogen and oxygen atoms in total. The molecule has 2 aliphatic carbocycles. The predicted octanol–water partition coefficient (Wildman–Crippen LogP) is 5.36. The van der Waals surface area contributed by atoms with E-state index in [1.54, 1.807) is 7.11 Å². The van der Waals surface area contributed by atoms with Gasteiger partial charge in [-0.2, -0.15) is 0 Å². The minimum atomic E-state index is 0.142. The van der Waals surface area contributed by atoms with Crippen LogP contribution in [-0.4, -0.2) is 55.5 Å². The van der Waals surface area contributed by atoms with Crippen molar-refractivity contribution < 1.29 is 14.3 Å². The smallest absolute Gasteiger partial charge is 0.220 e. The lowest BCUT2D eigenvalue weighted by Gasteiger charge is -2.38. The number of nitrogens with zero attached hydrogens (tertiary/aromatic N) is 1. The first-order valence-electron chi connectivity index (χ1n) is 14.3. The van der Waals surface area contributed by atoms with Crippen LogP contribution in [0, 0.1) is 29.1 Å². The number of ether oxygens (including phenoxy) is 1. The molecule has 0 aromatic rings. The summed E-state index contributed by atoms with van der Waals surface area (Å²) < 4.78 is 5.30. The van der Waals surface area contributed by atoms with Crippen molar-refractivity contribution in [3.05, 3.63) is 0 Å². The van der Waals surface area contributed by atoms with Crippen LogP contribution in [0.2, 0.25) is 0 Å². The summed E-state index contributed by atoms with van der Waals surface area (Å²) in [6.45, 7) is 6.64. The molecule has 4 aliphatic rings. The van der Waals surface area contributed by atoms with Crippen LogP contribution in [-0.2, 0) is 14.3 Å². The fraction of sp³-hybridized carbons (Fsp3) is 0.931. The number of nitrogens with one attached hydrogen (secondary N) is 1. The first kappa shape index (κ1) is 26.1. The molecule has 2 heterocycles. The van der Waals surface area contributed by atoms with Gasteiger partial charge in [0.2, 0.25) is 5.91 Å². The van der Waals surface area contributed by atoms with E-state index in [-0.39, 0.29) is 11.3 Å². The molecule has 4 bridgehead atoms. The molecule has 2 saturated heterocycles. The zero-order chi connectivity index (χ0) is 24.1. The Hall–Kier alpha value is -0.940. The van der Waals surface area contributed by atoms with Gasteiger partial charge in [-0.15, -0.1) is 0 Å². The quantitative estimate of drug-likeness (QED) is 0.390. The van der Waals surface area contributed by atoms with E-state index in [0.717, 1.165) is 56.6 Å². The van der Waals surface area contributed by atoms with Crippen molar-refractivity contribution >= 4 is 11.7 Å². The van der Waals surface area contributed by atoms with Crippen LogP contribution in [0.4, 0.5) is 0 Å². The van der Waals surface area contributed by atoms with E-state index in [1.807, 2.05) is 0 Å². The molecule has 2 saturated carbocycles. The molecule has 194 valence electrons. The van der Waals surface area contributed by atoms with Crippen LogP contribution < -0.4 is 5.32 Å². The summed E-state index contributed by atoms with van der Waals surface area (Å²) >= 11 is 0. The van der Waals surface area contributed by atoms with E-state index in [1.165, 1.54) is 51.4 Å². The molecule has 4 fully saturated rings. The topological polar surface area (TPSA) is 58.6 Å². The summed E-state index contributed by atoms with van der Waals surface area (Å²) in [6, 6.07) is 1.01. The number of carbonyl (C=O) groups excluding carboxylic acids is 2. The van der Waals surface area contributed by atoms with E-state index in [4.69, 9.17) is 4.74 Å². The number of methoxy groups -OCH3 is 1. The largest absolute Gasteiger partial charge is 0.384 e. The van der Waals surface area contributed by atoms with Gasteiger partial charge in [0.25, 0.3) is 0 Å². The number of carbonyl (C=O) groups is 2. The Morgan fingerprint density at radius 3 is 2.26 bits per heavy atom. The van der Waals surface area contributed by atoms with Crippen molar-refractivity contribution in [1.82, 2.24) is 10.2 Å². The van der Waals surface area contributed by atoms with Crippen LogP contribution >= 0.6 is 0 Å². The number of fused-ring (bicyclic) bond motifs is 4. The first-order chi connectivity index (χ1) is 16.3. The third-order valence-electron chi connectivity index (χ3n) is 9.52. The summed E-state index contributed by atoms with van der Waals surface area (Å²) in [5, 5.41) is 3.25. The molecule has 0 aromatic heterocycles. The van der Waals surface area contributed by atoms with E-state index in [2.05, 4.69) is 24.1 Å². The molecule has 2 aliphatic heterocycles. The standard InChI is InChI=1S/C29H50N2O3/c1-29(2,20-34-3)11-4-5-27(32)19-31-25-8-9-26(31)17-24(16-25)18-28(33)30-12-10-23-14-21-6-7-22(13-21)15-23/h21-26H,4-20H2,1-3H3,(H,30,33)/t21-,22?,23?,25+,26+/m0/s1. The van der Waals surface area contributed by atoms with Crippen molar-refractivity contribution in [2.24, 2.45) is 29.1 Å². The second-order valence-electron chi connectivity index (χ2n) is 13.1. The fourth-order valence-electron chi connectivity index (χ4n) is 7.95. The lowest BCUT2D eigenvalue weighted by atomic mass is 9.79. The van der Waals surface area contributed by atoms with Crippen molar-refractivity contribution in [3.8, 4) is 0 Å². The maximum atomic E-state index is 12.7. The molecular weight excluding hydrogens is 424 g/mol. The van der Waals surface area contributed by atoms with Crippen LogP contribution in [0.25, 0.3) is 0 Å². The van der Waals surface area contributed by atoms with Gasteiger partial charge in [-0.05, 0) is 93.3 Å². The average molecular weight is 475 g/mol. The Kier molecular flexibility index (Phi) is 9.12. The van der Waals surface area contributed by atoms with E-state index in [9.17, 15) is 9.59 Å². The molecule has 5 atom stereocenters. The first-order valence-corrected chi connectivity index (χ1v) is 14.3. The highest BCUT2D eigenvalue weighted by Crippen LogP contribution is 2.45. The monoisotopic (exact) mass is 474 g/mol. The van der Waals surface area contributed by atoms with Crippen LogP contribution in [0.1, 0.15) is 104 Å². The summed E-state index contributed by atoms with van der Waals surface area (Å²) in [7, 11) is 1.75. The normalized spacial score (nSPS) is 33.3. The molecule has 1 amide bonds. The zero-order valence-corrected chi connectivity index (χ0v) is 22.2. The molecule has 1 N–H and O–H groups in total. The van der Waals surface area contributed by atoms with Crippen molar-refractivity contribution in [3.63, 3.8) is 0 Å². The van der Waals surface area contributed by atoms with Gasteiger partial charge in [0, 0.05) is 38.6 Å². The Labute approximate surface area is 208 Å². The molecule has 0 radical (unpaired) electrons. The molecule has 5 heteroatoms. The molecule has 34 heavy (non-hydrogen) atoms. The van der Waals surface area contributed by atoms with Gasteiger partial charge in [-0.1, -0.05) is 26.7 Å². The van der Waals surface area contributed by atoms with Gasteiger partial charge >= 0.3 is 0 Å². The van der Waals surface area contributed by atoms with Gasteiger partial charge in [-0.25, -0.2) is 0 Å². The maximum Gasteiger partial charge on any atom is 0.220 e. The summed E-state index contributed by atoms with van der Waals surface area (Å²) in [4.78, 5) is 27.8. The lowest BCUT2D eigenvalue weighted by Crippen LogP contribution is -2.46. The number of ketones is 1. The van der Waals surface area contributed by atoms with Crippen LogP contribution in [0.3, 0.4) is 0 Å². The number of rotatable bonds is 13. The highest BCUT2D eigenvalue weighted by Gasteiger charge is 2.41. The number of piperidine rings is 1. The third-order valence-corrected chi connectivity index (χ3v) is 9.52. The Morgan fingerprint density at radius 1 is 0.941 bits per heavy atom. The highest BCUT2D eigenvalue weighted by molar-refractivity contribution is 5.80. The molecule has 0 aromatic carbocycles. The summed E-state index contributed by atoms with van der Waals surface area (Å²) in [5.74, 6) is 3.94. The van der Waals surface area contributed by atoms with E-state index < -0.39 is 0 Å². The minimum absolute atomic E-state index is 0.142. The van der Waals surface area contributed by atoms with Crippen molar-refractivity contribution in [1.29, 1.82) is 0 Å². The third kappa shape index (κ3) is 7.29. The number of Topliss-reactive ketones (excluding diaryl/α,β-unsaturated/α-hetero) is 1. The predicted molar refractivity (Wildman–Crippen MR) is 137 cm³/mol. The SMILES string of the molecule is COCC(C)(C)CCCC(=O)CN1[C@@H]2CC[C@@H]1CC(CC(=O)NCCC1CC3CC[C@H](C1)C3)C2. The zero-order valence-electron chi connectivity index (χ0n) is 22.2. The lowest BCUT2D eigenvalue weighted by molar-refractivity contribution is -0.124. The minimum Gasteiger partial charge on any atom is -0.384 e. The average Bonchev–Trinajstić information content (AvgIpc) is 3.21.